The van der Waals surface area contributed by atoms with E-state index in [2.05, 4.69) is 0 Å². The monoisotopic (exact) mass is 325 g/mol. The molecule has 0 aliphatic carbocycles. The molecular weight excluding hydrogens is 310 g/mol. The average Bonchev–Trinajstić information content (AvgIpc) is 2.80. The number of aromatic hydroxyl groups is 1. The second kappa shape index (κ2) is 6.16. The molecule has 0 saturated carbocycles. The molecule has 0 radical (unpaired) electrons. The van der Waals surface area contributed by atoms with Crippen LogP contribution in [0.15, 0.2) is 42.5 Å². The molecule has 0 unspecified atom stereocenters. The summed E-state index contributed by atoms with van der Waals surface area (Å²) in [5, 5.41) is 18.5. The zero-order chi connectivity index (χ0) is 17.3. The van der Waals surface area contributed by atoms with Gasteiger partial charge in [-0.05, 0) is 42.7 Å². The Morgan fingerprint density at radius 1 is 1.00 bits per heavy atom. The van der Waals surface area contributed by atoms with Crippen molar-refractivity contribution in [2.75, 3.05) is 4.90 Å². The number of phenolic OH excluding ortho intramolecular Hbond substituents is 1. The summed E-state index contributed by atoms with van der Waals surface area (Å²) in [5.41, 5.74) is 1.56. The maximum absolute atomic E-state index is 12.4. The first-order chi connectivity index (χ1) is 11.5. The molecule has 0 saturated heterocycles. The lowest BCUT2D eigenvalue weighted by molar-refractivity contribution is -0.137. The maximum atomic E-state index is 12.4. The molecule has 122 valence electrons. The number of carbonyl (C=O) groups is 3. The van der Waals surface area contributed by atoms with E-state index < -0.39 is 17.8 Å². The lowest BCUT2D eigenvalue weighted by Crippen LogP contribution is -2.29. The fourth-order valence-corrected chi connectivity index (χ4v) is 2.76. The topological polar surface area (TPSA) is 94.9 Å². The van der Waals surface area contributed by atoms with E-state index in [9.17, 15) is 19.5 Å². The molecule has 0 atom stereocenters. The number of carboxylic acids is 1. The van der Waals surface area contributed by atoms with Crippen LogP contribution in [-0.2, 0) is 11.2 Å². The van der Waals surface area contributed by atoms with E-state index in [-0.39, 0.29) is 23.3 Å². The molecule has 6 nitrogen and oxygen atoms in total. The second-order valence-electron chi connectivity index (χ2n) is 5.56. The molecule has 1 aliphatic heterocycles. The fraction of sp³-hybridized carbons (Fsp3) is 0.167. The van der Waals surface area contributed by atoms with Crippen LogP contribution in [0.2, 0.25) is 0 Å². The highest BCUT2D eigenvalue weighted by Crippen LogP contribution is 2.33. The molecule has 6 heteroatoms. The van der Waals surface area contributed by atoms with E-state index in [4.69, 9.17) is 5.11 Å². The summed E-state index contributed by atoms with van der Waals surface area (Å²) in [6.07, 6.45) is 1.23. The molecule has 3 rings (SSSR count). The molecule has 0 aromatic heterocycles. The van der Waals surface area contributed by atoms with Gasteiger partial charge in [-0.2, -0.15) is 0 Å². The van der Waals surface area contributed by atoms with Crippen molar-refractivity contribution < 1.29 is 24.6 Å². The molecule has 2 amide bonds. The molecule has 2 N–H and O–H groups in total. The third-order valence-corrected chi connectivity index (χ3v) is 3.94. The number of hydrogen-bond acceptors (Lipinski definition) is 4. The van der Waals surface area contributed by atoms with Gasteiger partial charge in [-0.1, -0.05) is 18.2 Å². The van der Waals surface area contributed by atoms with Crippen molar-refractivity contribution in [2.45, 2.75) is 19.3 Å². The van der Waals surface area contributed by atoms with Gasteiger partial charge in [0.05, 0.1) is 16.8 Å². The predicted octanol–water partition coefficient (Wildman–Crippen LogP) is 2.60. The van der Waals surface area contributed by atoms with Crippen molar-refractivity contribution in [1.82, 2.24) is 0 Å². The summed E-state index contributed by atoms with van der Waals surface area (Å²) in [4.78, 5) is 36.4. The summed E-state index contributed by atoms with van der Waals surface area (Å²) in [6.45, 7) is 0. The zero-order valence-electron chi connectivity index (χ0n) is 12.7. The molecule has 0 spiro atoms. The lowest BCUT2D eigenvalue weighted by Gasteiger charge is -2.14. The number of anilines is 1. The highest BCUT2D eigenvalue weighted by Gasteiger charge is 2.38. The Labute approximate surface area is 138 Å². The van der Waals surface area contributed by atoms with E-state index in [0.717, 1.165) is 10.5 Å². The van der Waals surface area contributed by atoms with Gasteiger partial charge in [-0.15, -0.1) is 0 Å². The van der Waals surface area contributed by atoms with Gasteiger partial charge in [0.15, 0.2) is 0 Å². The number of carbonyl (C=O) groups excluding carboxylic acids is 2. The van der Waals surface area contributed by atoms with Crippen LogP contribution in [0.1, 0.15) is 39.1 Å². The Morgan fingerprint density at radius 3 is 2.33 bits per heavy atom. The summed E-state index contributed by atoms with van der Waals surface area (Å²) < 4.78 is 0. The van der Waals surface area contributed by atoms with Gasteiger partial charge in [0.25, 0.3) is 11.8 Å². The van der Waals surface area contributed by atoms with Crippen molar-refractivity contribution >= 4 is 23.5 Å². The van der Waals surface area contributed by atoms with Gasteiger partial charge in [0.1, 0.15) is 5.75 Å². The quantitative estimate of drug-likeness (QED) is 0.824. The number of carboxylic acid groups (broad SMARTS) is 1. The number of amides is 2. The van der Waals surface area contributed by atoms with Gasteiger partial charge >= 0.3 is 5.97 Å². The highest BCUT2D eigenvalue weighted by molar-refractivity contribution is 6.35. The third-order valence-electron chi connectivity index (χ3n) is 3.94. The van der Waals surface area contributed by atoms with Crippen molar-refractivity contribution in [3.63, 3.8) is 0 Å². The molecule has 0 fully saturated rings. The first kappa shape index (κ1) is 15.7. The lowest BCUT2D eigenvalue weighted by atomic mass is 10.1. The summed E-state index contributed by atoms with van der Waals surface area (Å²) >= 11 is 0. The Kier molecular flexibility index (Phi) is 4.04. The van der Waals surface area contributed by atoms with E-state index in [0.29, 0.717) is 18.5 Å². The number of phenols is 1. The van der Waals surface area contributed by atoms with Crippen LogP contribution in [0.25, 0.3) is 0 Å². The Hall–Kier alpha value is -3.15. The van der Waals surface area contributed by atoms with E-state index in [1.165, 1.54) is 18.2 Å². The van der Waals surface area contributed by atoms with Crippen LogP contribution in [0, 0.1) is 0 Å². The molecule has 2 aromatic rings. The predicted molar refractivity (Wildman–Crippen MR) is 86.3 cm³/mol. The summed E-state index contributed by atoms with van der Waals surface area (Å²) in [6, 6.07) is 11.2. The van der Waals surface area contributed by atoms with Crippen molar-refractivity contribution in [3.8, 4) is 5.75 Å². The number of fused-ring (bicyclic) bond motifs is 1. The minimum atomic E-state index is -0.836. The maximum Gasteiger partial charge on any atom is 0.303 e. The number of nitrogens with zero attached hydrogens (tertiary/aromatic N) is 1. The first-order valence-corrected chi connectivity index (χ1v) is 7.50. The molecule has 2 aromatic carbocycles. The number of aliphatic carboxylic acids is 1. The standard InChI is InChI=1S/C18H15NO5/c20-14-5-2-4-13-16(14)18(24)19(17(13)23)12-9-7-11(8-10-12)3-1-6-15(21)22/h2,4-5,7-10,20H,1,3,6H2,(H,21,22). The number of imide groups is 1. The van der Waals surface area contributed by atoms with Crippen LogP contribution in [0.5, 0.6) is 5.75 Å². The highest BCUT2D eigenvalue weighted by atomic mass is 16.4. The second-order valence-corrected chi connectivity index (χ2v) is 5.56. The molecule has 0 bridgehead atoms. The van der Waals surface area contributed by atoms with Crippen LogP contribution in [-0.4, -0.2) is 28.0 Å². The number of aryl methyl sites for hydroxylation is 1. The van der Waals surface area contributed by atoms with E-state index in [1.807, 2.05) is 0 Å². The molecule has 24 heavy (non-hydrogen) atoms. The summed E-state index contributed by atoms with van der Waals surface area (Å²) in [7, 11) is 0. The van der Waals surface area contributed by atoms with E-state index >= 15 is 0 Å². The van der Waals surface area contributed by atoms with Crippen LogP contribution in [0.3, 0.4) is 0 Å². The SMILES string of the molecule is O=C(O)CCCc1ccc(N2C(=O)c3cccc(O)c3C2=O)cc1. The molecular formula is C18H15NO5. The Bertz CT molecular complexity index is 826. The van der Waals surface area contributed by atoms with Crippen LogP contribution >= 0.6 is 0 Å². The molecule has 1 aliphatic rings. The zero-order valence-corrected chi connectivity index (χ0v) is 12.7. The van der Waals surface area contributed by atoms with Gasteiger partial charge in [-0.3, -0.25) is 14.4 Å². The number of rotatable bonds is 5. The van der Waals surface area contributed by atoms with E-state index in [1.54, 1.807) is 24.3 Å². The third kappa shape index (κ3) is 2.74. The van der Waals surface area contributed by atoms with Gasteiger partial charge in [0.2, 0.25) is 0 Å². The molecule has 1 heterocycles. The number of hydrogen-bond donors (Lipinski definition) is 2. The largest absolute Gasteiger partial charge is 0.507 e. The first-order valence-electron chi connectivity index (χ1n) is 7.50. The fourth-order valence-electron chi connectivity index (χ4n) is 2.76. The normalized spacial score (nSPS) is 13.2. The van der Waals surface area contributed by atoms with Crippen LogP contribution in [0.4, 0.5) is 5.69 Å². The van der Waals surface area contributed by atoms with Crippen molar-refractivity contribution in [1.29, 1.82) is 0 Å². The average molecular weight is 325 g/mol. The van der Waals surface area contributed by atoms with Crippen LogP contribution < -0.4 is 4.90 Å². The van der Waals surface area contributed by atoms with Gasteiger partial charge < -0.3 is 10.2 Å². The van der Waals surface area contributed by atoms with Crippen molar-refractivity contribution in [2.24, 2.45) is 0 Å². The Balaban J connectivity index is 1.81. The van der Waals surface area contributed by atoms with Crippen molar-refractivity contribution in [3.05, 3.63) is 59.2 Å². The van der Waals surface area contributed by atoms with Gasteiger partial charge in [-0.25, -0.2) is 4.90 Å². The summed E-state index contributed by atoms with van der Waals surface area (Å²) in [5.74, 6) is -2.06. The van der Waals surface area contributed by atoms with Gasteiger partial charge in [0, 0.05) is 6.42 Å². The number of benzene rings is 2. The smallest absolute Gasteiger partial charge is 0.303 e. The Morgan fingerprint density at radius 2 is 1.71 bits per heavy atom. The minimum absolute atomic E-state index is 0.0213. The minimum Gasteiger partial charge on any atom is -0.507 e.